The van der Waals surface area contributed by atoms with Crippen LogP contribution in [0.1, 0.15) is 33.1 Å². The number of hydrogen-bond donors (Lipinski definition) is 3. The lowest BCUT2D eigenvalue weighted by Gasteiger charge is -2.09. The first-order valence-corrected chi connectivity index (χ1v) is 4.71. The molecule has 0 aromatic heterocycles. The molecule has 0 rings (SSSR count). The second kappa shape index (κ2) is 6.37. The van der Waals surface area contributed by atoms with Crippen molar-refractivity contribution in [3.63, 3.8) is 0 Å². The molecule has 82 valence electrons. The monoisotopic (exact) mass is 202 g/mol. The molecule has 0 bridgehead atoms. The van der Waals surface area contributed by atoms with Gasteiger partial charge in [0.15, 0.2) is 0 Å². The molecular weight excluding hydrogens is 184 g/mol. The minimum absolute atomic E-state index is 0.0831. The van der Waals surface area contributed by atoms with Gasteiger partial charge in [-0.25, -0.2) is 0 Å². The highest BCUT2D eigenvalue weighted by atomic mass is 16.4. The Morgan fingerprint density at radius 3 is 2.43 bits per heavy atom. The van der Waals surface area contributed by atoms with Crippen LogP contribution in [0.2, 0.25) is 0 Å². The van der Waals surface area contributed by atoms with E-state index in [0.29, 0.717) is 12.8 Å². The third-order valence-corrected chi connectivity index (χ3v) is 1.81. The summed E-state index contributed by atoms with van der Waals surface area (Å²) in [6, 6.07) is -0.738. The fraction of sp³-hybridized carbons (Fsp3) is 0.778. The summed E-state index contributed by atoms with van der Waals surface area (Å²) in [5.41, 5.74) is 5.50. The van der Waals surface area contributed by atoms with Crippen LogP contribution in [0.3, 0.4) is 0 Å². The summed E-state index contributed by atoms with van der Waals surface area (Å²) in [5, 5.41) is 10.9. The number of nitrogens with two attached hydrogens (primary N) is 1. The van der Waals surface area contributed by atoms with Crippen LogP contribution >= 0.6 is 0 Å². The van der Waals surface area contributed by atoms with Gasteiger partial charge in [0.05, 0.1) is 0 Å². The van der Waals surface area contributed by atoms with Crippen molar-refractivity contribution in [3.05, 3.63) is 0 Å². The highest BCUT2D eigenvalue weighted by Gasteiger charge is 2.13. The van der Waals surface area contributed by atoms with Crippen molar-refractivity contribution in [2.24, 2.45) is 5.73 Å². The molecule has 2 atom stereocenters. The standard InChI is InChI=1S/C9H18N2O3/c1-6(10)4-3-5-8(12)11-7(2)9(13)14/h6-7H,3-5,10H2,1-2H3,(H,11,12)(H,13,14)/t6?,7-/m0/s1. The highest BCUT2D eigenvalue weighted by Crippen LogP contribution is 1.98. The van der Waals surface area contributed by atoms with E-state index in [4.69, 9.17) is 10.8 Å². The maximum Gasteiger partial charge on any atom is 0.325 e. The lowest BCUT2D eigenvalue weighted by Crippen LogP contribution is -2.38. The molecule has 0 aliphatic rings. The van der Waals surface area contributed by atoms with Crippen molar-refractivity contribution >= 4 is 11.9 Å². The summed E-state index contributed by atoms with van der Waals surface area (Å²) in [6.07, 6.45) is 1.80. The molecule has 0 saturated heterocycles. The molecule has 0 aromatic carbocycles. The number of carboxylic acid groups (broad SMARTS) is 1. The van der Waals surface area contributed by atoms with Crippen molar-refractivity contribution in [2.45, 2.75) is 45.2 Å². The zero-order valence-electron chi connectivity index (χ0n) is 8.62. The van der Waals surface area contributed by atoms with Gasteiger partial charge in [-0.2, -0.15) is 0 Å². The number of carbonyl (C=O) groups excluding carboxylic acids is 1. The second-order valence-corrected chi connectivity index (χ2v) is 3.50. The topological polar surface area (TPSA) is 92.4 Å². The number of carbonyl (C=O) groups is 2. The minimum atomic E-state index is -1.02. The Hall–Kier alpha value is -1.10. The van der Waals surface area contributed by atoms with E-state index in [-0.39, 0.29) is 11.9 Å². The summed E-state index contributed by atoms with van der Waals surface area (Å²) in [5.74, 6) is -1.26. The van der Waals surface area contributed by atoms with E-state index < -0.39 is 12.0 Å². The van der Waals surface area contributed by atoms with E-state index in [1.807, 2.05) is 6.92 Å². The number of rotatable bonds is 6. The zero-order valence-corrected chi connectivity index (χ0v) is 8.62. The van der Waals surface area contributed by atoms with E-state index in [9.17, 15) is 9.59 Å². The van der Waals surface area contributed by atoms with Crippen LogP contribution < -0.4 is 11.1 Å². The van der Waals surface area contributed by atoms with E-state index in [1.165, 1.54) is 6.92 Å². The van der Waals surface area contributed by atoms with Gasteiger partial charge >= 0.3 is 5.97 Å². The Morgan fingerprint density at radius 1 is 1.43 bits per heavy atom. The number of carboxylic acids is 1. The first kappa shape index (κ1) is 12.9. The van der Waals surface area contributed by atoms with Crippen molar-refractivity contribution in [3.8, 4) is 0 Å². The lowest BCUT2D eigenvalue weighted by molar-refractivity contribution is -0.141. The molecule has 1 amide bonds. The van der Waals surface area contributed by atoms with Crippen LogP contribution in [0.15, 0.2) is 0 Å². The van der Waals surface area contributed by atoms with Gasteiger partial charge in [0.25, 0.3) is 0 Å². The van der Waals surface area contributed by atoms with Gasteiger partial charge in [0.2, 0.25) is 5.91 Å². The van der Waals surface area contributed by atoms with Gasteiger partial charge in [-0.05, 0) is 26.7 Å². The molecule has 0 aliphatic carbocycles. The van der Waals surface area contributed by atoms with Crippen molar-refractivity contribution in [2.75, 3.05) is 0 Å². The Bertz CT molecular complexity index is 204. The third kappa shape index (κ3) is 6.42. The van der Waals surface area contributed by atoms with Crippen molar-refractivity contribution in [1.29, 1.82) is 0 Å². The SMILES string of the molecule is CC(N)CCCC(=O)N[C@@H](C)C(=O)O. The Labute approximate surface area is 83.7 Å². The predicted octanol–water partition coefficient (Wildman–Crippen LogP) is 0.0932. The van der Waals surface area contributed by atoms with Gasteiger partial charge in [0.1, 0.15) is 6.04 Å². The van der Waals surface area contributed by atoms with Crippen LogP contribution in [0.25, 0.3) is 0 Å². The van der Waals surface area contributed by atoms with Crippen LogP contribution in [-0.4, -0.2) is 29.1 Å². The van der Waals surface area contributed by atoms with E-state index in [1.54, 1.807) is 0 Å². The van der Waals surface area contributed by atoms with Gasteiger partial charge in [-0.1, -0.05) is 0 Å². The van der Waals surface area contributed by atoms with Crippen LogP contribution in [-0.2, 0) is 9.59 Å². The Morgan fingerprint density at radius 2 is 2.00 bits per heavy atom. The smallest absolute Gasteiger partial charge is 0.325 e. The van der Waals surface area contributed by atoms with Crippen LogP contribution in [0, 0.1) is 0 Å². The zero-order chi connectivity index (χ0) is 11.1. The first-order valence-electron chi connectivity index (χ1n) is 4.71. The Balaban J connectivity index is 3.60. The molecule has 0 heterocycles. The Kier molecular flexibility index (Phi) is 5.87. The molecule has 0 aromatic rings. The van der Waals surface area contributed by atoms with Crippen LogP contribution in [0.5, 0.6) is 0 Å². The first-order chi connectivity index (χ1) is 6.43. The number of amides is 1. The number of aliphatic carboxylic acids is 1. The number of nitrogens with one attached hydrogen (secondary N) is 1. The van der Waals surface area contributed by atoms with Gasteiger partial charge < -0.3 is 16.2 Å². The molecule has 0 aliphatic heterocycles. The van der Waals surface area contributed by atoms with E-state index >= 15 is 0 Å². The molecule has 5 nitrogen and oxygen atoms in total. The minimum Gasteiger partial charge on any atom is -0.480 e. The fourth-order valence-electron chi connectivity index (χ4n) is 0.960. The maximum atomic E-state index is 11.1. The summed E-state index contributed by atoms with van der Waals surface area (Å²) < 4.78 is 0. The molecule has 0 fully saturated rings. The third-order valence-electron chi connectivity index (χ3n) is 1.81. The lowest BCUT2D eigenvalue weighted by atomic mass is 10.1. The van der Waals surface area contributed by atoms with Crippen molar-refractivity contribution in [1.82, 2.24) is 5.32 Å². The number of hydrogen-bond acceptors (Lipinski definition) is 3. The van der Waals surface area contributed by atoms with E-state index in [0.717, 1.165) is 6.42 Å². The molecule has 0 radical (unpaired) electrons. The molecule has 5 heteroatoms. The molecule has 0 spiro atoms. The van der Waals surface area contributed by atoms with Gasteiger partial charge in [0, 0.05) is 12.5 Å². The molecule has 0 saturated carbocycles. The summed E-state index contributed by atoms with van der Waals surface area (Å²) in [6.45, 7) is 3.31. The average molecular weight is 202 g/mol. The summed E-state index contributed by atoms with van der Waals surface area (Å²) in [4.78, 5) is 21.5. The fourth-order valence-corrected chi connectivity index (χ4v) is 0.960. The summed E-state index contributed by atoms with van der Waals surface area (Å²) in [7, 11) is 0. The molecule has 1 unspecified atom stereocenters. The van der Waals surface area contributed by atoms with Crippen LogP contribution in [0.4, 0.5) is 0 Å². The maximum absolute atomic E-state index is 11.1. The van der Waals surface area contributed by atoms with Gasteiger partial charge in [-0.3, -0.25) is 9.59 Å². The highest BCUT2D eigenvalue weighted by molar-refractivity contribution is 5.83. The quantitative estimate of drug-likeness (QED) is 0.569. The largest absolute Gasteiger partial charge is 0.480 e. The normalized spacial score (nSPS) is 14.5. The summed E-state index contributed by atoms with van der Waals surface area (Å²) >= 11 is 0. The molecular formula is C9H18N2O3. The van der Waals surface area contributed by atoms with E-state index in [2.05, 4.69) is 5.32 Å². The van der Waals surface area contributed by atoms with Gasteiger partial charge in [-0.15, -0.1) is 0 Å². The second-order valence-electron chi connectivity index (χ2n) is 3.50. The average Bonchev–Trinajstić information content (AvgIpc) is 2.02. The predicted molar refractivity (Wildman–Crippen MR) is 52.7 cm³/mol. The molecule has 14 heavy (non-hydrogen) atoms. The van der Waals surface area contributed by atoms with Crippen molar-refractivity contribution < 1.29 is 14.7 Å². The molecule has 4 N–H and O–H groups in total.